The van der Waals surface area contributed by atoms with E-state index in [1.165, 1.54) is 0 Å². The number of aromatic nitrogens is 1. The number of halogens is 6. The van der Waals surface area contributed by atoms with E-state index in [2.05, 4.69) is 9.72 Å². The van der Waals surface area contributed by atoms with E-state index < -0.39 is 41.6 Å². The van der Waals surface area contributed by atoms with Crippen molar-refractivity contribution in [1.29, 1.82) is 0 Å². The van der Waals surface area contributed by atoms with Crippen molar-refractivity contribution in [2.24, 2.45) is 0 Å². The van der Waals surface area contributed by atoms with Crippen LogP contribution >= 0.6 is 0 Å². The molecule has 0 radical (unpaired) electrons. The minimum absolute atomic E-state index is 0.0228. The van der Waals surface area contributed by atoms with Gasteiger partial charge < -0.3 is 9.84 Å². The highest BCUT2D eigenvalue weighted by Crippen LogP contribution is 2.33. The lowest BCUT2D eigenvalue weighted by molar-refractivity contribution is -0.276. The molecule has 1 N–H and O–H groups in total. The van der Waals surface area contributed by atoms with Crippen LogP contribution in [0.5, 0.6) is 5.88 Å². The van der Waals surface area contributed by atoms with E-state index in [4.69, 9.17) is 5.11 Å². The third-order valence-corrected chi connectivity index (χ3v) is 1.68. The Balaban J connectivity index is 3.44. The Morgan fingerprint density at radius 2 is 1.94 bits per heavy atom. The molecule has 1 aromatic heterocycles. The summed E-state index contributed by atoms with van der Waals surface area (Å²) in [6, 6.07) is 0. The zero-order valence-corrected chi connectivity index (χ0v) is 8.13. The summed E-state index contributed by atoms with van der Waals surface area (Å²) >= 11 is 0. The lowest BCUT2D eigenvalue weighted by atomic mass is 10.1. The molecule has 0 atom stereocenters. The molecule has 0 saturated carbocycles. The first-order valence-corrected chi connectivity index (χ1v) is 4.09. The third-order valence-electron chi connectivity index (χ3n) is 1.68. The van der Waals surface area contributed by atoms with Gasteiger partial charge in [0.1, 0.15) is 5.56 Å². The number of aromatic carboxylic acids is 1. The summed E-state index contributed by atoms with van der Waals surface area (Å²) in [6.45, 7) is 0. The van der Waals surface area contributed by atoms with E-state index in [-0.39, 0.29) is 6.20 Å². The summed E-state index contributed by atoms with van der Waals surface area (Å²) in [4.78, 5) is 13.3. The number of alkyl halides is 5. The lowest BCUT2D eigenvalue weighted by Gasteiger charge is -2.13. The predicted octanol–water partition coefficient (Wildman–Crippen LogP) is 2.76. The van der Waals surface area contributed by atoms with Crippen LogP contribution < -0.4 is 4.74 Å². The van der Waals surface area contributed by atoms with Crippen molar-refractivity contribution in [3.63, 3.8) is 0 Å². The van der Waals surface area contributed by atoms with Crippen molar-refractivity contribution in [3.05, 3.63) is 23.1 Å². The monoisotopic (exact) mass is 275 g/mol. The number of pyridine rings is 1. The first kappa shape index (κ1) is 14.1. The smallest absolute Gasteiger partial charge is 0.477 e. The van der Waals surface area contributed by atoms with Crippen LogP contribution in [0, 0.1) is 5.82 Å². The van der Waals surface area contributed by atoms with Gasteiger partial charge in [-0.2, -0.15) is 0 Å². The van der Waals surface area contributed by atoms with Crippen molar-refractivity contribution >= 4 is 5.97 Å². The molecule has 0 fully saturated rings. The van der Waals surface area contributed by atoms with Crippen molar-refractivity contribution in [2.45, 2.75) is 12.8 Å². The molecule has 0 aromatic carbocycles. The molecule has 0 aliphatic rings. The number of nitrogens with zero attached hydrogens (tertiary/aromatic N) is 1. The van der Waals surface area contributed by atoms with Crippen molar-refractivity contribution in [2.75, 3.05) is 0 Å². The minimum Gasteiger partial charge on any atom is -0.477 e. The van der Waals surface area contributed by atoms with Crippen LogP contribution in [0.3, 0.4) is 0 Å². The molecule has 0 bridgehead atoms. The van der Waals surface area contributed by atoms with Crippen LogP contribution in [0.4, 0.5) is 26.3 Å². The molecular weight excluding hydrogens is 272 g/mol. The second kappa shape index (κ2) is 4.70. The van der Waals surface area contributed by atoms with Gasteiger partial charge in [0.2, 0.25) is 5.88 Å². The number of hydrogen-bond acceptors (Lipinski definition) is 3. The molecule has 4 nitrogen and oxygen atoms in total. The molecule has 1 heterocycles. The number of carbonyl (C=O) groups is 1. The first-order chi connectivity index (χ1) is 8.13. The van der Waals surface area contributed by atoms with E-state index in [1.807, 2.05) is 0 Å². The van der Waals surface area contributed by atoms with Crippen LogP contribution in [0.1, 0.15) is 22.3 Å². The maximum atomic E-state index is 12.9. The molecule has 0 spiro atoms. The van der Waals surface area contributed by atoms with E-state index in [0.717, 1.165) is 0 Å². The van der Waals surface area contributed by atoms with Gasteiger partial charge in [-0.15, -0.1) is 13.2 Å². The standard InChI is InChI=1S/C8H3F6NO3/c9-2-1-15-6(18-8(12,13)14)4(7(16)17)3(2)5(10)11/h1,5H,(H,16,17). The molecule has 18 heavy (non-hydrogen) atoms. The summed E-state index contributed by atoms with van der Waals surface area (Å²) in [5, 5.41) is 8.53. The lowest BCUT2D eigenvalue weighted by Crippen LogP contribution is -2.21. The van der Waals surface area contributed by atoms with Crippen LogP contribution in [0.25, 0.3) is 0 Å². The third kappa shape index (κ3) is 3.02. The van der Waals surface area contributed by atoms with Crippen molar-refractivity contribution < 1.29 is 41.0 Å². The van der Waals surface area contributed by atoms with E-state index in [9.17, 15) is 31.1 Å². The van der Waals surface area contributed by atoms with Gasteiger partial charge in [-0.1, -0.05) is 0 Å². The van der Waals surface area contributed by atoms with E-state index >= 15 is 0 Å². The first-order valence-electron chi connectivity index (χ1n) is 4.09. The van der Waals surface area contributed by atoms with Crippen molar-refractivity contribution in [3.8, 4) is 5.88 Å². The van der Waals surface area contributed by atoms with Crippen LogP contribution in [0.2, 0.25) is 0 Å². The van der Waals surface area contributed by atoms with Crippen LogP contribution in [-0.2, 0) is 0 Å². The van der Waals surface area contributed by atoms with Crippen LogP contribution in [-0.4, -0.2) is 22.4 Å². The molecule has 1 rings (SSSR count). The summed E-state index contributed by atoms with van der Waals surface area (Å²) in [7, 11) is 0. The fourth-order valence-corrected chi connectivity index (χ4v) is 1.09. The van der Waals surface area contributed by atoms with Gasteiger partial charge in [-0.05, 0) is 0 Å². The highest BCUT2D eigenvalue weighted by molar-refractivity contribution is 5.92. The van der Waals surface area contributed by atoms with Gasteiger partial charge in [0.05, 0.1) is 11.8 Å². The second-order valence-electron chi connectivity index (χ2n) is 2.85. The fourth-order valence-electron chi connectivity index (χ4n) is 1.09. The largest absolute Gasteiger partial charge is 0.574 e. The fraction of sp³-hybridized carbons (Fsp3) is 0.250. The molecule has 10 heteroatoms. The Kier molecular flexibility index (Phi) is 3.67. The zero-order chi connectivity index (χ0) is 14.1. The Hall–Kier alpha value is -2.00. The van der Waals surface area contributed by atoms with E-state index in [1.54, 1.807) is 0 Å². The summed E-state index contributed by atoms with van der Waals surface area (Å²) in [6.07, 6.45) is -8.95. The van der Waals surface area contributed by atoms with Gasteiger partial charge in [-0.25, -0.2) is 22.9 Å². The molecular formula is C8H3F6NO3. The average molecular weight is 275 g/mol. The number of carboxylic acid groups (broad SMARTS) is 1. The van der Waals surface area contributed by atoms with Gasteiger partial charge in [0, 0.05) is 0 Å². The highest BCUT2D eigenvalue weighted by atomic mass is 19.4. The second-order valence-corrected chi connectivity index (χ2v) is 2.85. The molecule has 0 aliphatic heterocycles. The summed E-state index contributed by atoms with van der Waals surface area (Å²) in [5.74, 6) is -5.60. The quantitative estimate of drug-likeness (QED) is 0.862. The Morgan fingerprint density at radius 1 is 1.39 bits per heavy atom. The number of hydrogen-bond donors (Lipinski definition) is 1. The highest BCUT2D eigenvalue weighted by Gasteiger charge is 2.36. The summed E-state index contributed by atoms with van der Waals surface area (Å²) in [5.41, 5.74) is -3.38. The number of rotatable bonds is 3. The van der Waals surface area contributed by atoms with Gasteiger partial charge >= 0.3 is 12.3 Å². The van der Waals surface area contributed by atoms with Gasteiger partial charge in [0.25, 0.3) is 6.43 Å². The Labute approximate surface area is 94.8 Å². The zero-order valence-electron chi connectivity index (χ0n) is 8.13. The van der Waals surface area contributed by atoms with Crippen LogP contribution in [0.15, 0.2) is 6.20 Å². The normalized spacial score (nSPS) is 11.7. The topological polar surface area (TPSA) is 59.4 Å². The Bertz CT molecular complexity index is 473. The molecule has 0 unspecified atom stereocenters. The molecule has 0 aliphatic carbocycles. The average Bonchev–Trinajstić information content (AvgIpc) is 2.17. The molecule has 0 saturated heterocycles. The summed E-state index contributed by atoms with van der Waals surface area (Å²) < 4.78 is 76.5. The minimum atomic E-state index is -5.34. The maximum absolute atomic E-state index is 12.9. The molecule has 1 aromatic rings. The van der Waals surface area contributed by atoms with E-state index in [0.29, 0.717) is 0 Å². The van der Waals surface area contributed by atoms with Crippen molar-refractivity contribution in [1.82, 2.24) is 4.98 Å². The number of ether oxygens (including phenoxy) is 1. The molecule has 0 amide bonds. The Morgan fingerprint density at radius 3 is 2.33 bits per heavy atom. The molecule has 100 valence electrons. The predicted molar refractivity (Wildman–Crippen MR) is 42.8 cm³/mol. The van der Waals surface area contributed by atoms with Gasteiger partial charge in [-0.3, -0.25) is 0 Å². The SMILES string of the molecule is O=C(O)c1c(OC(F)(F)F)ncc(F)c1C(F)F. The van der Waals surface area contributed by atoms with Gasteiger partial charge in [0.15, 0.2) is 5.82 Å². The number of carboxylic acids is 1. The maximum Gasteiger partial charge on any atom is 0.574 e.